The van der Waals surface area contributed by atoms with Gasteiger partial charge in [0, 0.05) is 60.1 Å². The van der Waals surface area contributed by atoms with Gasteiger partial charge < -0.3 is 15.0 Å². The fraction of sp³-hybridized carbons (Fsp3) is 0.440. The quantitative estimate of drug-likeness (QED) is 0.657. The SMILES string of the molecule is Cc1c(CN2CCN(C(=O)C3CCCO3)[C@@H](C)C2)cc(Cl)cc1NC(=O)c1cccc(Cl)c1. The van der Waals surface area contributed by atoms with Gasteiger partial charge in [0.25, 0.3) is 11.8 Å². The Morgan fingerprint density at radius 2 is 1.97 bits per heavy atom. The first-order valence-corrected chi connectivity index (χ1v) is 12.1. The van der Waals surface area contributed by atoms with Crippen LogP contribution in [0, 0.1) is 6.92 Å². The molecule has 2 heterocycles. The highest BCUT2D eigenvalue weighted by Crippen LogP contribution is 2.28. The average Bonchev–Trinajstić information content (AvgIpc) is 3.31. The van der Waals surface area contributed by atoms with Crippen molar-refractivity contribution in [1.82, 2.24) is 9.80 Å². The molecule has 2 aliphatic heterocycles. The zero-order valence-electron chi connectivity index (χ0n) is 18.9. The molecule has 0 bridgehead atoms. The normalized spacial score (nSPS) is 21.3. The molecule has 0 saturated carbocycles. The highest BCUT2D eigenvalue weighted by atomic mass is 35.5. The monoisotopic (exact) mass is 489 g/mol. The third kappa shape index (κ3) is 5.69. The van der Waals surface area contributed by atoms with Crippen LogP contribution in [0.25, 0.3) is 0 Å². The van der Waals surface area contributed by atoms with Crippen LogP contribution in [0.5, 0.6) is 0 Å². The Balaban J connectivity index is 1.43. The third-order valence-electron chi connectivity index (χ3n) is 6.41. The molecule has 2 amide bonds. The lowest BCUT2D eigenvalue weighted by Gasteiger charge is -2.41. The van der Waals surface area contributed by atoms with Crippen molar-refractivity contribution in [3.8, 4) is 0 Å². The van der Waals surface area contributed by atoms with Gasteiger partial charge in [0.1, 0.15) is 6.10 Å². The molecule has 0 radical (unpaired) electrons. The fourth-order valence-corrected chi connectivity index (χ4v) is 4.99. The molecule has 6 nitrogen and oxygen atoms in total. The van der Waals surface area contributed by atoms with Crippen LogP contribution in [-0.2, 0) is 16.1 Å². The summed E-state index contributed by atoms with van der Waals surface area (Å²) in [6.45, 7) is 7.67. The largest absolute Gasteiger partial charge is 0.368 e. The highest BCUT2D eigenvalue weighted by molar-refractivity contribution is 6.31. The summed E-state index contributed by atoms with van der Waals surface area (Å²) >= 11 is 12.4. The number of carbonyl (C=O) groups excluding carboxylic acids is 2. The molecule has 0 aliphatic carbocycles. The zero-order valence-corrected chi connectivity index (χ0v) is 20.5. The Bertz CT molecular complexity index is 1040. The number of piperazine rings is 1. The van der Waals surface area contributed by atoms with Crippen LogP contribution in [0.4, 0.5) is 5.69 Å². The van der Waals surface area contributed by atoms with Gasteiger partial charge in [0.05, 0.1) is 0 Å². The molecule has 0 spiro atoms. The zero-order chi connectivity index (χ0) is 23.5. The topological polar surface area (TPSA) is 61.9 Å². The lowest BCUT2D eigenvalue weighted by atomic mass is 10.0. The van der Waals surface area contributed by atoms with E-state index in [9.17, 15) is 9.59 Å². The molecule has 1 N–H and O–H groups in total. The van der Waals surface area contributed by atoms with E-state index in [4.69, 9.17) is 27.9 Å². The van der Waals surface area contributed by atoms with Gasteiger partial charge >= 0.3 is 0 Å². The minimum atomic E-state index is -0.278. The maximum Gasteiger partial charge on any atom is 0.255 e. The molecule has 2 fully saturated rings. The first-order chi connectivity index (χ1) is 15.8. The summed E-state index contributed by atoms with van der Waals surface area (Å²) in [5.74, 6) is -0.117. The molecule has 0 aromatic heterocycles. The average molecular weight is 490 g/mol. The first-order valence-electron chi connectivity index (χ1n) is 11.3. The van der Waals surface area contributed by atoms with Crippen molar-refractivity contribution in [3.05, 3.63) is 63.1 Å². The third-order valence-corrected chi connectivity index (χ3v) is 6.86. The number of amides is 2. The number of anilines is 1. The summed E-state index contributed by atoms with van der Waals surface area (Å²) in [7, 11) is 0. The van der Waals surface area contributed by atoms with E-state index in [2.05, 4.69) is 17.1 Å². The molecule has 2 aromatic carbocycles. The molecule has 176 valence electrons. The van der Waals surface area contributed by atoms with Crippen molar-refractivity contribution in [2.75, 3.05) is 31.6 Å². The number of carbonyl (C=O) groups is 2. The van der Waals surface area contributed by atoms with Crippen LogP contribution in [0.1, 0.15) is 41.3 Å². The summed E-state index contributed by atoms with van der Waals surface area (Å²) in [6.07, 6.45) is 1.49. The first kappa shape index (κ1) is 24.0. The highest BCUT2D eigenvalue weighted by Gasteiger charge is 2.34. The molecule has 8 heteroatoms. The van der Waals surface area contributed by atoms with Crippen LogP contribution < -0.4 is 5.32 Å². The van der Waals surface area contributed by atoms with Gasteiger partial charge in [-0.15, -0.1) is 0 Å². The van der Waals surface area contributed by atoms with E-state index in [-0.39, 0.29) is 24.0 Å². The minimum Gasteiger partial charge on any atom is -0.368 e. The van der Waals surface area contributed by atoms with Crippen LogP contribution in [-0.4, -0.2) is 60.0 Å². The molecule has 2 saturated heterocycles. The number of nitrogens with zero attached hydrogens (tertiary/aromatic N) is 2. The molecular formula is C25H29Cl2N3O3. The second-order valence-corrected chi connectivity index (χ2v) is 9.69. The molecule has 2 aromatic rings. The van der Waals surface area contributed by atoms with Crippen molar-refractivity contribution >= 4 is 40.7 Å². The Morgan fingerprint density at radius 1 is 1.15 bits per heavy atom. The van der Waals surface area contributed by atoms with Crippen LogP contribution in [0.15, 0.2) is 36.4 Å². The maximum absolute atomic E-state index is 12.8. The summed E-state index contributed by atoms with van der Waals surface area (Å²) in [6, 6.07) is 10.7. The summed E-state index contributed by atoms with van der Waals surface area (Å²) in [5.41, 5.74) is 3.20. The maximum atomic E-state index is 12.8. The van der Waals surface area contributed by atoms with E-state index < -0.39 is 0 Å². The lowest BCUT2D eigenvalue weighted by Crippen LogP contribution is -2.55. The van der Waals surface area contributed by atoms with E-state index >= 15 is 0 Å². The van der Waals surface area contributed by atoms with Crippen LogP contribution >= 0.6 is 23.2 Å². The standard InChI is InChI=1S/C25H29Cl2N3O3/c1-16-14-29(8-9-30(16)25(32)23-7-4-10-33-23)15-19-12-21(27)13-22(17(19)2)28-24(31)18-5-3-6-20(26)11-18/h3,5-6,11-13,16,23H,4,7-10,14-15H2,1-2H3,(H,28,31)/t16-,23?/m0/s1. The van der Waals surface area contributed by atoms with E-state index in [1.807, 2.05) is 17.9 Å². The smallest absolute Gasteiger partial charge is 0.255 e. The van der Waals surface area contributed by atoms with Crippen molar-refractivity contribution < 1.29 is 14.3 Å². The number of hydrogen-bond donors (Lipinski definition) is 1. The van der Waals surface area contributed by atoms with E-state index in [0.29, 0.717) is 41.0 Å². The second kappa shape index (κ2) is 10.4. The minimum absolute atomic E-state index is 0.108. The van der Waals surface area contributed by atoms with E-state index in [1.54, 1.807) is 30.3 Å². The Labute approximate surface area is 204 Å². The number of hydrogen-bond acceptors (Lipinski definition) is 4. The van der Waals surface area contributed by atoms with Crippen LogP contribution in [0.3, 0.4) is 0 Å². The lowest BCUT2D eigenvalue weighted by molar-refractivity contribution is -0.145. The van der Waals surface area contributed by atoms with E-state index in [1.165, 1.54) is 0 Å². The number of nitrogens with one attached hydrogen (secondary N) is 1. The molecular weight excluding hydrogens is 461 g/mol. The van der Waals surface area contributed by atoms with Gasteiger partial charge in [-0.05, 0) is 68.1 Å². The van der Waals surface area contributed by atoms with Gasteiger partial charge in [-0.1, -0.05) is 29.3 Å². The molecule has 2 atom stereocenters. The van der Waals surface area contributed by atoms with Crippen LogP contribution in [0.2, 0.25) is 10.0 Å². The molecule has 1 unspecified atom stereocenters. The number of halogens is 2. The predicted molar refractivity (Wildman–Crippen MR) is 131 cm³/mol. The van der Waals surface area contributed by atoms with Gasteiger partial charge in [0.2, 0.25) is 0 Å². The van der Waals surface area contributed by atoms with Gasteiger partial charge in [-0.3, -0.25) is 14.5 Å². The second-order valence-electron chi connectivity index (χ2n) is 8.82. The van der Waals surface area contributed by atoms with Crippen molar-refractivity contribution in [1.29, 1.82) is 0 Å². The Hall–Kier alpha value is -2.12. The van der Waals surface area contributed by atoms with Gasteiger partial charge in [-0.2, -0.15) is 0 Å². The Morgan fingerprint density at radius 3 is 2.67 bits per heavy atom. The summed E-state index contributed by atoms with van der Waals surface area (Å²) < 4.78 is 5.59. The molecule has 2 aliphatic rings. The van der Waals surface area contributed by atoms with Crippen molar-refractivity contribution in [2.24, 2.45) is 0 Å². The van der Waals surface area contributed by atoms with Crippen molar-refractivity contribution in [2.45, 2.75) is 45.4 Å². The number of rotatable bonds is 5. The summed E-state index contributed by atoms with van der Waals surface area (Å²) in [5, 5.41) is 4.05. The van der Waals surface area contributed by atoms with E-state index in [0.717, 1.165) is 37.1 Å². The van der Waals surface area contributed by atoms with Gasteiger partial charge in [0.15, 0.2) is 0 Å². The Kier molecular flexibility index (Phi) is 7.59. The fourth-order valence-electron chi connectivity index (χ4n) is 4.56. The predicted octanol–water partition coefficient (Wildman–Crippen LogP) is 4.77. The van der Waals surface area contributed by atoms with Gasteiger partial charge in [-0.25, -0.2) is 0 Å². The van der Waals surface area contributed by atoms with Crippen molar-refractivity contribution in [3.63, 3.8) is 0 Å². The molecule has 4 rings (SSSR count). The summed E-state index contributed by atoms with van der Waals surface area (Å²) in [4.78, 5) is 29.8. The molecule has 33 heavy (non-hydrogen) atoms. The number of ether oxygens (including phenoxy) is 1. The number of benzene rings is 2.